The number of carboxylic acid groups (broad SMARTS) is 1. The van der Waals surface area contributed by atoms with Gasteiger partial charge in [0.25, 0.3) is 5.91 Å². The molecule has 0 aliphatic heterocycles. The number of carboxylic acids is 1. The molecule has 0 radical (unpaired) electrons. The first-order valence-electron chi connectivity index (χ1n) is 9.51. The minimum absolute atomic E-state index is 0.0338. The molecule has 1 atom stereocenters. The number of benzene rings is 2. The third-order valence-corrected chi connectivity index (χ3v) is 4.62. The zero-order chi connectivity index (χ0) is 22.1. The molecule has 30 heavy (non-hydrogen) atoms. The van der Waals surface area contributed by atoms with E-state index in [2.05, 4.69) is 10.6 Å². The molecule has 160 valence electrons. The molecule has 0 fully saturated rings. The van der Waals surface area contributed by atoms with E-state index in [9.17, 15) is 24.7 Å². The van der Waals surface area contributed by atoms with E-state index >= 15 is 0 Å². The van der Waals surface area contributed by atoms with Gasteiger partial charge >= 0.3 is 13.1 Å². The molecule has 2 aromatic carbocycles. The Bertz CT molecular complexity index is 877. The maximum absolute atomic E-state index is 12.5. The lowest BCUT2D eigenvalue weighted by Gasteiger charge is -2.18. The standard InChI is InChI=1S/C20H26BN3O6/c22-7-8-23-11-13-3-1-5-15(9-13)19(26)24-12-16(21(29)30)10-14-4-2-6-17(18(14)25)20(27)28/h1-6,9,16,23,25,29-30H,7-8,10-12,22H2,(H,24,26)(H,27,28)/t16-/m1/s1. The predicted octanol–water partition coefficient (Wildman–Crippen LogP) is -0.0458. The Labute approximate surface area is 174 Å². The van der Waals surface area contributed by atoms with Gasteiger partial charge in [-0.05, 0) is 35.7 Å². The van der Waals surface area contributed by atoms with Gasteiger partial charge in [-0.15, -0.1) is 0 Å². The van der Waals surface area contributed by atoms with Gasteiger partial charge in [0, 0.05) is 37.6 Å². The Kier molecular flexibility index (Phi) is 8.81. The van der Waals surface area contributed by atoms with E-state index in [0.29, 0.717) is 25.2 Å². The summed E-state index contributed by atoms with van der Waals surface area (Å²) >= 11 is 0. The van der Waals surface area contributed by atoms with Crippen molar-refractivity contribution in [3.8, 4) is 5.75 Å². The Morgan fingerprint density at radius 1 is 1.13 bits per heavy atom. The molecule has 10 heteroatoms. The number of nitrogens with one attached hydrogen (secondary N) is 2. The Hall–Kier alpha value is -2.92. The molecular formula is C20H26BN3O6. The quantitative estimate of drug-likeness (QED) is 0.198. The molecule has 0 saturated carbocycles. The summed E-state index contributed by atoms with van der Waals surface area (Å²) < 4.78 is 0. The van der Waals surface area contributed by atoms with Crippen LogP contribution in [0, 0.1) is 0 Å². The minimum atomic E-state index is -1.77. The largest absolute Gasteiger partial charge is 0.507 e. The second-order valence-electron chi connectivity index (χ2n) is 6.87. The number of aromatic carboxylic acids is 1. The van der Waals surface area contributed by atoms with Gasteiger partial charge in [-0.3, -0.25) is 4.79 Å². The second kappa shape index (κ2) is 11.3. The third-order valence-electron chi connectivity index (χ3n) is 4.62. The number of carbonyl (C=O) groups excluding carboxylic acids is 1. The topological polar surface area (TPSA) is 165 Å². The fourth-order valence-electron chi connectivity index (χ4n) is 2.98. The highest BCUT2D eigenvalue weighted by atomic mass is 16.4. The van der Waals surface area contributed by atoms with E-state index in [-0.39, 0.29) is 30.0 Å². The molecule has 9 nitrogen and oxygen atoms in total. The molecule has 2 rings (SSSR count). The van der Waals surface area contributed by atoms with Gasteiger partial charge in [0.2, 0.25) is 0 Å². The van der Waals surface area contributed by atoms with Crippen molar-refractivity contribution in [2.24, 2.45) is 5.73 Å². The molecule has 0 unspecified atom stereocenters. The molecule has 0 aliphatic carbocycles. The number of aromatic hydroxyl groups is 1. The number of hydrogen-bond donors (Lipinski definition) is 7. The summed E-state index contributed by atoms with van der Waals surface area (Å²) in [6.45, 7) is 1.65. The first-order chi connectivity index (χ1) is 14.3. The van der Waals surface area contributed by atoms with Crippen molar-refractivity contribution in [2.45, 2.75) is 18.8 Å². The van der Waals surface area contributed by atoms with Crippen molar-refractivity contribution in [2.75, 3.05) is 19.6 Å². The van der Waals surface area contributed by atoms with Crippen LogP contribution in [0.1, 0.15) is 31.8 Å². The van der Waals surface area contributed by atoms with Crippen LogP contribution in [0.15, 0.2) is 42.5 Å². The van der Waals surface area contributed by atoms with Crippen LogP contribution in [0.25, 0.3) is 0 Å². The van der Waals surface area contributed by atoms with Crippen molar-refractivity contribution < 1.29 is 29.9 Å². The number of amides is 1. The zero-order valence-electron chi connectivity index (χ0n) is 16.4. The molecule has 1 amide bonds. The van der Waals surface area contributed by atoms with Crippen molar-refractivity contribution in [1.29, 1.82) is 0 Å². The van der Waals surface area contributed by atoms with Gasteiger partial charge in [-0.25, -0.2) is 4.79 Å². The van der Waals surface area contributed by atoms with Crippen LogP contribution < -0.4 is 16.4 Å². The summed E-state index contributed by atoms with van der Waals surface area (Å²) in [6.07, 6.45) is -0.0338. The van der Waals surface area contributed by atoms with E-state index in [1.54, 1.807) is 18.2 Å². The Morgan fingerprint density at radius 3 is 2.53 bits per heavy atom. The molecular weight excluding hydrogens is 389 g/mol. The molecule has 0 heterocycles. The summed E-state index contributed by atoms with van der Waals surface area (Å²) in [7, 11) is -1.77. The molecule has 0 saturated heterocycles. The van der Waals surface area contributed by atoms with Crippen LogP contribution >= 0.6 is 0 Å². The van der Waals surface area contributed by atoms with Crippen molar-refractivity contribution in [1.82, 2.24) is 10.6 Å². The number of rotatable bonds is 11. The van der Waals surface area contributed by atoms with E-state index < -0.39 is 24.7 Å². The fourth-order valence-corrected chi connectivity index (χ4v) is 2.98. The number of nitrogens with two attached hydrogens (primary N) is 1. The van der Waals surface area contributed by atoms with Gasteiger partial charge in [0.1, 0.15) is 11.3 Å². The van der Waals surface area contributed by atoms with Crippen LogP contribution in [0.3, 0.4) is 0 Å². The number of carbonyl (C=O) groups is 2. The number of para-hydroxylation sites is 1. The summed E-state index contributed by atoms with van der Waals surface area (Å²) in [5, 5.41) is 44.4. The SMILES string of the molecule is NCCNCc1cccc(C(=O)NC[C@@H](Cc2cccc(C(=O)O)c2O)B(O)O)c1. The number of phenols is 1. The Morgan fingerprint density at radius 2 is 1.87 bits per heavy atom. The van der Waals surface area contributed by atoms with Crippen LogP contribution in [0.2, 0.25) is 5.82 Å². The lowest BCUT2D eigenvalue weighted by atomic mass is 9.69. The highest BCUT2D eigenvalue weighted by Crippen LogP contribution is 2.27. The summed E-state index contributed by atoms with van der Waals surface area (Å²) in [5.74, 6) is -2.95. The van der Waals surface area contributed by atoms with Crippen molar-refractivity contribution in [3.63, 3.8) is 0 Å². The molecule has 0 aromatic heterocycles. The fraction of sp³-hybridized carbons (Fsp3) is 0.300. The zero-order valence-corrected chi connectivity index (χ0v) is 16.4. The highest BCUT2D eigenvalue weighted by molar-refractivity contribution is 6.43. The lowest BCUT2D eigenvalue weighted by molar-refractivity contribution is 0.0693. The highest BCUT2D eigenvalue weighted by Gasteiger charge is 2.26. The second-order valence-corrected chi connectivity index (χ2v) is 6.87. The van der Waals surface area contributed by atoms with Crippen LogP contribution in [-0.4, -0.2) is 58.9 Å². The van der Waals surface area contributed by atoms with Crippen LogP contribution in [0.4, 0.5) is 0 Å². The van der Waals surface area contributed by atoms with Gasteiger partial charge in [0.15, 0.2) is 0 Å². The average molecular weight is 415 g/mol. The molecule has 0 spiro atoms. The van der Waals surface area contributed by atoms with Crippen molar-refractivity contribution >= 4 is 19.0 Å². The van der Waals surface area contributed by atoms with Crippen molar-refractivity contribution in [3.05, 3.63) is 64.7 Å². The lowest BCUT2D eigenvalue weighted by Crippen LogP contribution is -2.35. The van der Waals surface area contributed by atoms with E-state index in [4.69, 9.17) is 10.8 Å². The first kappa shape index (κ1) is 23.4. The van der Waals surface area contributed by atoms with E-state index in [1.165, 1.54) is 18.2 Å². The molecule has 0 aliphatic rings. The predicted molar refractivity (Wildman–Crippen MR) is 112 cm³/mol. The monoisotopic (exact) mass is 415 g/mol. The minimum Gasteiger partial charge on any atom is -0.507 e. The first-order valence-corrected chi connectivity index (χ1v) is 9.51. The van der Waals surface area contributed by atoms with Crippen LogP contribution in [-0.2, 0) is 13.0 Å². The van der Waals surface area contributed by atoms with E-state index in [0.717, 1.165) is 5.56 Å². The van der Waals surface area contributed by atoms with Gasteiger partial charge < -0.3 is 36.6 Å². The van der Waals surface area contributed by atoms with Gasteiger partial charge in [-0.2, -0.15) is 0 Å². The maximum atomic E-state index is 12.5. The molecule has 2 aromatic rings. The summed E-state index contributed by atoms with van der Waals surface area (Å²) in [4.78, 5) is 23.6. The third kappa shape index (κ3) is 6.56. The van der Waals surface area contributed by atoms with E-state index in [1.807, 2.05) is 6.07 Å². The average Bonchev–Trinajstić information content (AvgIpc) is 2.72. The molecule has 8 N–H and O–H groups in total. The summed E-state index contributed by atoms with van der Waals surface area (Å²) in [6, 6.07) is 11.2. The molecule has 0 bridgehead atoms. The smallest absolute Gasteiger partial charge is 0.456 e. The van der Waals surface area contributed by atoms with Crippen LogP contribution in [0.5, 0.6) is 5.75 Å². The number of hydrogen-bond acceptors (Lipinski definition) is 7. The van der Waals surface area contributed by atoms with Gasteiger partial charge in [-0.1, -0.05) is 24.3 Å². The Balaban J connectivity index is 2.03. The van der Waals surface area contributed by atoms with Gasteiger partial charge in [0.05, 0.1) is 0 Å². The normalized spacial score (nSPS) is 11.7. The maximum Gasteiger partial charge on any atom is 0.456 e. The summed E-state index contributed by atoms with van der Waals surface area (Å²) in [5.41, 5.74) is 6.74.